The van der Waals surface area contributed by atoms with Crippen LogP contribution in [0.15, 0.2) is 23.6 Å². The molecule has 0 radical (unpaired) electrons. The molecular weight excluding hydrogens is 375 g/mol. The van der Waals surface area contributed by atoms with Crippen LogP contribution in [0.25, 0.3) is 0 Å². The average molecular weight is 413 g/mol. The number of aliphatic hydroxyl groups excluding tert-OH is 3. The van der Waals surface area contributed by atoms with Crippen molar-refractivity contribution in [1.82, 2.24) is 0 Å². The minimum atomic E-state index is -0.765. The third kappa shape index (κ3) is 8.57. The summed E-state index contributed by atoms with van der Waals surface area (Å²) in [7, 11) is 0. The minimum absolute atomic E-state index is 0.00935. The highest BCUT2D eigenvalue weighted by Gasteiger charge is 2.40. The number of aliphatic carboxylic acids is 1. The fraction of sp³-hybridized carbons (Fsp3) is 0.783. The number of allylic oxidation sites excluding steroid dienone is 4. The number of carbonyl (C=O) groups is 1. The van der Waals surface area contributed by atoms with Crippen LogP contribution in [0, 0.1) is 11.8 Å². The Hall–Kier alpha value is -1.24. The molecule has 166 valence electrons. The Morgan fingerprint density at radius 1 is 1.07 bits per heavy atom. The largest absolute Gasteiger partial charge is 0.481 e. The number of hydrogen-bond acceptors (Lipinski definition) is 4. The van der Waals surface area contributed by atoms with E-state index in [0.29, 0.717) is 44.9 Å². The van der Waals surface area contributed by atoms with Gasteiger partial charge in [0.2, 0.25) is 0 Å². The van der Waals surface area contributed by atoms with Crippen LogP contribution < -0.4 is 0 Å². The Morgan fingerprint density at radius 3 is 2.45 bits per heavy atom. The lowest BCUT2D eigenvalue weighted by Gasteiger charge is -2.24. The van der Waals surface area contributed by atoms with Gasteiger partial charge in [0.25, 0.3) is 0 Å². The van der Waals surface area contributed by atoms with Crippen molar-refractivity contribution in [1.29, 1.82) is 0 Å². The number of halogens is 1. The molecule has 0 saturated heterocycles. The van der Waals surface area contributed by atoms with Crippen molar-refractivity contribution in [2.24, 2.45) is 11.8 Å². The van der Waals surface area contributed by atoms with Gasteiger partial charge in [0.15, 0.2) is 0 Å². The molecule has 0 aromatic heterocycles. The van der Waals surface area contributed by atoms with Crippen LogP contribution in [-0.4, -0.2) is 44.7 Å². The highest BCUT2D eigenvalue weighted by molar-refractivity contribution is 5.66. The van der Waals surface area contributed by atoms with Crippen LogP contribution in [0.4, 0.5) is 4.39 Å². The van der Waals surface area contributed by atoms with Crippen LogP contribution in [0.2, 0.25) is 0 Å². The molecule has 1 fully saturated rings. The van der Waals surface area contributed by atoms with Crippen molar-refractivity contribution in [2.75, 3.05) is 0 Å². The molecule has 0 spiro atoms. The van der Waals surface area contributed by atoms with Gasteiger partial charge in [-0.2, -0.15) is 0 Å². The first-order chi connectivity index (χ1) is 13.9. The normalized spacial score (nSPS) is 28.1. The third-order valence-corrected chi connectivity index (χ3v) is 6.43. The Balaban J connectivity index is 1.69. The molecule has 2 rings (SSSR count). The summed E-state index contributed by atoms with van der Waals surface area (Å²) in [5.74, 6) is -0.829. The van der Waals surface area contributed by atoms with Gasteiger partial charge in [-0.25, -0.2) is 4.39 Å². The summed E-state index contributed by atoms with van der Waals surface area (Å²) in [5.41, 5.74) is 0.949. The lowest BCUT2D eigenvalue weighted by molar-refractivity contribution is -0.137. The van der Waals surface area contributed by atoms with Crippen molar-refractivity contribution in [3.05, 3.63) is 23.6 Å². The highest BCUT2D eigenvalue weighted by Crippen LogP contribution is 2.39. The van der Waals surface area contributed by atoms with Crippen molar-refractivity contribution in [2.45, 2.75) is 102 Å². The third-order valence-electron chi connectivity index (χ3n) is 6.43. The number of hydrogen-bond donors (Lipinski definition) is 4. The number of carboxylic acids is 1. The van der Waals surface area contributed by atoms with Gasteiger partial charge >= 0.3 is 5.97 Å². The Labute approximate surface area is 173 Å². The molecule has 0 heterocycles. The molecule has 5 nitrogen and oxygen atoms in total. The molecule has 2 aliphatic rings. The summed E-state index contributed by atoms with van der Waals surface area (Å²) in [4.78, 5) is 10.5. The Bertz CT molecular complexity index is 574. The Morgan fingerprint density at radius 2 is 1.76 bits per heavy atom. The lowest BCUT2D eigenvalue weighted by atomic mass is 9.84. The van der Waals surface area contributed by atoms with Crippen LogP contribution in [0.3, 0.4) is 0 Å². The van der Waals surface area contributed by atoms with Crippen LogP contribution in [-0.2, 0) is 4.79 Å². The molecular formula is C23H37FO5. The first kappa shape index (κ1) is 24.0. The first-order valence-corrected chi connectivity index (χ1v) is 11.2. The van der Waals surface area contributed by atoms with E-state index in [0.717, 1.165) is 37.7 Å². The first-order valence-electron chi connectivity index (χ1n) is 11.2. The molecule has 6 heteroatoms. The van der Waals surface area contributed by atoms with Crippen molar-refractivity contribution in [3.63, 3.8) is 0 Å². The maximum Gasteiger partial charge on any atom is 0.303 e. The molecule has 1 unspecified atom stereocenters. The molecule has 29 heavy (non-hydrogen) atoms. The van der Waals surface area contributed by atoms with E-state index in [4.69, 9.17) is 5.11 Å². The van der Waals surface area contributed by atoms with Crippen LogP contribution >= 0.6 is 0 Å². The number of rotatable bonds is 13. The van der Waals surface area contributed by atoms with Crippen LogP contribution in [0.1, 0.15) is 83.5 Å². The second-order valence-corrected chi connectivity index (χ2v) is 8.72. The molecule has 0 aromatic rings. The standard InChI is InChI=1S/C23H37FO5/c24-17-7-5-6-16(14-17)10-11-18(25)12-13-20-19(21(26)15-22(20)27)8-3-1-2-4-9-23(28)29/h6,14,18-22,25-27H,1-5,7-13,15H2,(H,28,29)/t18-,19?,20+,21-,22+/m0/s1. The molecule has 4 N–H and O–H groups in total. The quantitative estimate of drug-likeness (QED) is 0.339. The summed E-state index contributed by atoms with van der Waals surface area (Å²) in [6, 6.07) is 0. The van der Waals surface area contributed by atoms with E-state index in [1.807, 2.05) is 6.08 Å². The smallest absolute Gasteiger partial charge is 0.303 e. The number of carboxylic acid groups (broad SMARTS) is 1. The fourth-order valence-electron chi connectivity index (χ4n) is 4.75. The molecule has 0 amide bonds. The van der Waals surface area contributed by atoms with E-state index in [-0.39, 0.29) is 24.1 Å². The molecule has 0 aromatic carbocycles. The zero-order valence-electron chi connectivity index (χ0n) is 17.3. The van der Waals surface area contributed by atoms with E-state index in [1.54, 1.807) is 6.08 Å². The average Bonchev–Trinajstić information content (AvgIpc) is 2.93. The zero-order valence-corrected chi connectivity index (χ0v) is 17.3. The van der Waals surface area contributed by atoms with Gasteiger partial charge in [0, 0.05) is 12.8 Å². The number of aliphatic hydroxyl groups is 3. The van der Waals surface area contributed by atoms with Crippen molar-refractivity contribution in [3.8, 4) is 0 Å². The molecule has 5 atom stereocenters. The molecule has 1 saturated carbocycles. The second kappa shape index (κ2) is 12.5. The topological polar surface area (TPSA) is 98.0 Å². The van der Waals surface area contributed by atoms with Gasteiger partial charge in [0.1, 0.15) is 5.83 Å². The maximum absolute atomic E-state index is 13.3. The summed E-state index contributed by atoms with van der Waals surface area (Å²) >= 11 is 0. The Kier molecular flexibility index (Phi) is 10.3. The fourth-order valence-corrected chi connectivity index (χ4v) is 4.75. The van der Waals surface area contributed by atoms with E-state index in [9.17, 15) is 24.5 Å². The van der Waals surface area contributed by atoms with Gasteiger partial charge in [-0.05, 0) is 74.9 Å². The van der Waals surface area contributed by atoms with Gasteiger partial charge in [-0.3, -0.25) is 4.79 Å². The number of unbranched alkanes of at least 4 members (excludes halogenated alkanes) is 3. The lowest BCUT2D eigenvalue weighted by Crippen LogP contribution is -2.24. The van der Waals surface area contributed by atoms with E-state index < -0.39 is 24.3 Å². The second-order valence-electron chi connectivity index (χ2n) is 8.72. The SMILES string of the molecule is O=C(O)CCCCCCC1[C@@H](CC[C@@H](O)CCC2=CCCC(F)=C2)[C@H](O)C[C@@H]1O. The molecule has 2 aliphatic carbocycles. The predicted octanol–water partition coefficient (Wildman–Crippen LogP) is 4.26. The summed E-state index contributed by atoms with van der Waals surface area (Å²) in [5, 5.41) is 39.7. The zero-order chi connectivity index (χ0) is 21.2. The monoisotopic (exact) mass is 412 g/mol. The van der Waals surface area contributed by atoms with E-state index in [2.05, 4.69) is 0 Å². The summed E-state index contributed by atoms with van der Waals surface area (Å²) in [6.07, 6.45) is 10.5. The van der Waals surface area contributed by atoms with Gasteiger partial charge in [-0.1, -0.05) is 25.3 Å². The van der Waals surface area contributed by atoms with Gasteiger partial charge < -0.3 is 20.4 Å². The molecule has 0 aliphatic heterocycles. The van der Waals surface area contributed by atoms with E-state index >= 15 is 0 Å². The summed E-state index contributed by atoms with van der Waals surface area (Å²) in [6.45, 7) is 0. The van der Waals surface area contributed by atoms with Crippen molar-refractivity contribution >= 4 is 5.97 Å². The molecule has 0 bridgehead atoms. The summed E-state index contributed by atoms with van der Waals surface area (Å²) < 4.78 is 13.3. The van der Waals surface area contributed by atoms with Gasteiger partial charge in [0.05, 0.1) is 18.3 Å². The van der Waals surface area contributed by atoms with E-state index in [1.165, 1.54) is 0 Å². The van der Waals surface area contributed by atoms with Gasteiger partial charge in [-0.15, -0.1) is 0 Å². The minimum Gasteiger partial charge on any atom is -0.481 e. The highest BCUT2D eigenvalue weighted by atomic mass is 19.1. The van der Waals surface area contributed by atoms with Crippen molar-refractivity contribution < 1.29 is 29.6 Å². The van der Waals surface area contributed by atoms with Crippen LogP contribution in [0.5, 0.6) is 0 Å². The maximum atomic E-state index is 13.3. The predicted molar refractivity (Wildman–Crippen MR) is 110 cm³/mol.